The molecule has 0 aromatic rings. The number of halogens is 2. The van der Waals surface area contributed by atoms with Crippen LogP contribution in [-0.4, -0.2) is 6.67 Å². The van der Waals surface area contributed by atoms with Crippen molar-refractivity contribution in [2.45, 2.75) is 6.92 Å². The number of allylic oxidation sites excluding steroid dienone is 5. The topological polar surface area (TPSA) is 0 Å². The second-order valence-electron chi connectivity index (χ2n) is 1.89. The highest BCUT2D eigenvalue weighted by molar-refractivity contribution is 5.23. The predicted molar refractivity (Wildman–Crippen MR) is 39.1 cm³/mol. The molecule has 0 radical (unpaired) electrons. The van der Waals surface area contributed by atoms with Gasteiger partial charge in [0.25, 0.3) is 0 Å². The van der Waals surface area contributed by atoms with Gasteiger partial charge in [0.05, 0.1) is 0 Å². The zero-order valence-corrected chi connectivity index (χ0v) is 5.90. The van der Waals surface area contributed by atoms with Gasteiger partial charge >= 0.3 is 0 Å². The van der Waals surface area contributed by atoms with Crippen molar-refractivity contribution in [3.8, 4) is 0 Å². The molecule has 0 spiro atoms. The van der Waals surface area contributed by atoms with Crippen LogP contribution in [0.25, 0.3) is 0 Å². The largest absolute Gasteiger partial charge is 0.247 e. The summed E-state index contributed by atoms with van der Waals surface area (Å²) >= 11 is 0. The molecule has 0 aromatic heterocycles. The van der Waals surface area contributed by atoms with Crippen molar-refractivity contribution in [3.05, 3.63) is 36.2 Å². The molecule has 10 heavy (non-hydrogen) atoms. The SMILES string of the molecule is C=C(F)/C=C(C)\C=C/CF. The second-order valence-corrected chi connectivity index (χ2v) is 1.89. The molecule has 0 fully saturated rings. The summed E-state index contributed by atoms with van der Waals surface area (Å²) in [5.41, 5.74) is 0.658. The van der Waals surface area contributed by atoms with Gasteiger partial charge in [0.2, 0.25) is 0 Å². The van der Waals surface area contributed by atoms with Crippen molar-refractivity contribution in [3.63, 3.8) is 0 Å². The molecule has 0 amide bonds. The van der Waals surface area contributed by atoms with E-state index in [-0.39, 0.29) is 0 Å². The van der Waals surface area contributed by atoms with Crippen LogP contribution in [0, 0.1) is 0 Å². The average molecular weight is 144 g/mol. The Bertz CT molecular complexity index is 166. The third-order valence-electron chi connectivity index (χ3n) is 0.854. The van der Waals surface area contributed by atoms with E-state index in [1.54, 1.807) is 6.92 Å². The first-order valence-corrected chi connectivity index (χ1v) is 2.92. The highest BCUT2D eigenvalue weighted by Gasteiger charge is 1.83. The minimum absolute atomic E-state index is 0.513. The van der Waals surface area contributed by atoms with Gasteiger partial charge in [-0.1, -0.05) is 18.7 Å². The van der Waals surface area contributed by atoms with Crippen molar-refractivity contribution in [2.75, 3.05) is 6.67 Å². The van der Waals surface area contributed by atoms with Gasteiger partial charge in [0.1, 0.15) is 12.5 Å². The van der Waals surface area contributed by atoms with Crippen molar-refractivity contribution in [1.82, 2.24) is 0 Å². The van der Waals surface area contributed by atoms with Crippen LogP contribution in [0.3, 0.4) is 0 Å². The van der Waals surface area contributed by atoms with Crippen LogP contribution in [0.5, 0.6) is 0 Å². The Hall–Kier alpha value is -0.920. The fourth-order valence-electron chi connectivity index (χ4n) is 0.526. The average Bonchev–Trinajstić information content (AvgIpc) is 1.82. The maximum absolute atomic E-state index is 12.0. The Morgan fingerprint density at radius 1 is 1.60 bits per heavy atom. The van der Waals surface area contributed by atoms with E-state index in [1.165, 1.54) is 18.2 Å². The molecule has 0 saturated carbocycles. The van der Waals surface area contributed by atoms with Crippen LogP contribution >= 0.6 is 0 Å². The molecule has 0 aromatic carbocycles. The van der Waals surface area contributed by atoms with Gasteiger partial charge in [0.15, 0.2) is 0 Å². The van der Waals surface area contributed by atoms with Crippen LogP contribution < -0.4 is 0 Å². The fourth-order valence-corrected chi connectivity index (χ4v) is 0.526. The maximum atomic E-state index is 12.0. The van der Waals surface area contributed by atoms with Crippen molar-refractivity contribution < 1.29 is 8.78 Å². The quantitative estimate of drug-likeness (QED) is 0.534. The van der Waals surface area contributed by atoms with Gasteiger partial charge in [-0.15, -0.1) is 0 Å². The zero-order chi connectivity index (χ0) is 7.98. The van der Waals surface area contributed by atoms with Crippen molar-refractivity contribution in [2.24, 2.45) is 0 Å². The Morgan fingerprint density at radius 2 is 2.20 bits per heavy atom. The fraction of sp³-hybridized carbons (Fsp3) is 0.250. The summed E-state index contributed by atoms with van der Waals surface area (Å²) in [5, 5.41) is 0. The van der Waals surface area contributed by atoms with E-state index in [0.29, 0.717) is 5.57 Å². The summed E-state index contributed by atoms with van der Waals surface area (Å²) in [6.07, 6.45) is 4.06. The molecule has 2 heteroatoms. The minimum Gasteiger partial charge on any atom is -0.247 e. The lowest BCUT2D eigenvalue weighted by atomic mass is 10.2. The number of alkyl halides is 1. The Labute approximate surface area is 59.6 Å². The summed E-state index contributed by atoms with van der Waals surface area (Å²) in [6, 6.07) is 0. The van der Waals surface area contributed by atoms with Crippen LogP contribution in [0.2, 0.25) is 0 Å². The van der Waals surface area contributed by atoms with E-state index in [1.807, 2.05) is 0 Å². The van der Waals surface area contributed by atoms with Gasteiger partial charge < -0.3 is 0 Å². The highest BCUT2D eigenvalue weighted by Crippen LogP contribution is 2.01. The van der Waals surface area contributed by atoms with Gasteiger partial charge in [-0.3, -0.25) is 0 Å². The number of hydrogen-bond acceptors (Lipinski definition) is 0. The monoisotopic (exact) mass is 144 g/mol. The van der Waals surface area contributed by atoms with Gasteiger partial charge in [-0.25, -0.2) is 8.78 Å². The zero-order valence-electron chi connectivity index (χ0n) is 5.90. The molecule has 0 heterocycles. The number of rotatable bonds is 3. The van der Waals surface area contributed by atoms with Gasteiger partial charge in [-0.2, -0.15) is 0 Å². The van der Waals surface area contributed by atoms with E-state index in [4.69, 9.17) is 0 Å². The smallest absolute Gasteiger partial charge is 0.116 e. The summed E-state index contributed by atoms with van der Waals surface area (Å²) in [6.45, 7) is 4.19. The van der Waals surface area contributed by atoms with Crippen LogP contribution in [-0.2, 0) is 0 Å². The molecule has 0 aliphatic rings. The standard InChI is InChI=1S/C8H10F2/c1-7(4-3-5-9)6-8(2)10/h3-4,6H,2,5H2,1H3/b4-3-,7-6-. The summed E-state index contributed by atoms with van der Waals surface area (Å²) in [4.78, 5) is 0. The molecule has 0 aliphatic heterocycles. The van der Waals surface area contributed by atoms with Gasteiger partial charge in [-0.05, 0) is 18.6 Å². The minimum atomic E-state index is -0.524. The summed E-state index contributed by atoms with van der Waals surface area (Å²) in [5.74, 6) is -0.513. The molecule has 0 saturated heterocycles. The number of hydrogen-bond donors (Lipinski definition) is 0. The van der Waals surface area contributed by atoms with Crippen LogP contribution in [0.4, 0.5) is 8.78 Å². The van der Waals surface area contributed by atoms with Crippen LogP contribution in [0.1, 0.15) is 6.92 Å². The first kappa shape index (κ1) is 9.08. The molecule has 56 valence electrons. The predicted octanol–water partition coefficient (Wildman–Crippen LogP) is 2.94. The molecule has 0 rings (SSSR count). The highest BCUT2D eigenvalue weighted by atomic mass is 19.1. The lowest BCUT2D eigenvalue weighted by molar-refractivity contribution is 0.561. The van der Waals surface area contributed by atoms with E-state index in [9.17, 15) is 8.78 Å². The van der Waals surface area contributed by atoms with E-state index >= 15 is 0 Å². The third kappa shape index (κ3) is 5.22. The van der Waals surface area contributed by atoms with E-state index in [0.717, 1.165) is 0 Å². The second kappa shape index (κ2) is 4.91. The molecule has 0 nitrogen and oxygen atoms in total. The Kier molecular flexibility index (Phi) is 4.46. The molecule has 0 atom stereocenters. The van der Waals surface area contributed by atoms with Crippen molar-refractivity contribution >= 4 is 0 Å². The van der Waals surface area contributed by atoms with E-state index in [2.05, 4.69) is 6.58 Å². The lowest BCUT2D eigenvalue weighted by Crippen LogP contribution is -1.70. The van der Waals surface area contributed by atoms with E-state index < -0.39 is 12.5 Å². The van der Waals surface area contributed by atoms with Gasteiger partial charge in [0, 0.05) is 0 Å². The Balaban J connectivity index is 3.94. The first-order valence-electron chi connectivity index (χ1n) is 2.92. The molecule has 0 N–H and O–H groups in total. The molecule has 0 bridgehead atoms. The summed E-state index contributed by atoms with van der Waals surface area (Å²) < 4.78 is 23.4. The van der Waals surface area contributed by atoms with Crippen molar-refractivity contribution in [1.29, 1.82) is 0 Å². The summed E-state index contributed by atoms with van der Waals surface area (Å²) in [7, 11) is 0. The normalized spacial score (nSPS) is 12.5. The maximum Gasteiger partial charge on any atom is 0.116 e. The molecule has 0 unspecified atom stereocenters. The first-order chi connectivity index (χ1) is 4.66. The molecule has 0 aliphatic carbocycles. The molecular formula is C8H10F2. The third-order valence-corrected chi connectivity index (χ3v) is 0.854. The molecular weight excluding hydrogens is 134 g/mol. The van der Waals surface area contributed by atoms with Crippen LogP contribution in [0.15, 0.2) is 36.2 Å². The Morgan fingerprint density at radius 3 is 2.60 bits per heavy atom. The lowest BCUT2D eigenvalue weighted by Gasteiger charge is -1.87.